The van der Waals surface area contributed by atoms with E-state index in [1.54, 1.807) is 12.1 Å². The summed E-state index contributed by atoms with van der Waals surface area (Å²) in [6.45, 7) is -0.173. The first-order valence-corrected chi connectivity index (χ1v) is 7.12. The number of rotatable bonds is 2. The van der Waals surface area contributed by atoms with Crippen molar-refractivity contribution in [2.45, 2.75) is 0 Å². The quantitative estimate of drug-likeness (QED) is 0.918. The molecule has 1 N–H and O–H groups in total. The van der Waals surface area contributed by atoms with E-state index < -0.39 is 17.6 Å². The summed E-state index contributed by atoms with van der Waals surface area (Å²) in [6.07, 6.45) is 0. The number of amides is 2. The summed E-state index contributed by atoms with van der Waals surface area (Å²) >= 11 is 5.95. The molecule has 2 aromatic carbocycles. The molecule has 0 unspecified atom stereocenters. The number of ether oxygens (including phenoxy) is 1. The Hall–Kier alpha value is -2.60. The van der Waals surface area contributed by atoms with E-state index in [-0.39, 0.29) is 17.8 Å². The molecule has 0 bridgehead atoms. The number of methoxy groups -OCH3 is 1. The molecule has 1 aliphatic heterocycles. The van der Waals surface area contributed by atoms with Crippen molar-refractivity contribution < 1.29 is 18.7 Å². The van der Waals surface area contributed by atoms with Crippen LogP contribution in [0.5, 0.6) is 5.75 Å². The molecular formula is C16H12ClFN2O3. The molecule has 3 rings (SSSR count). The summed E-state index contributed by atoms with van der Waals surface area (Å²) in [7, 11) is 1.44. The molecule has 0 aromatic heterocycles. The molecule has 2 amide bonds. The zero-order chi connectivity index (χ0) is 16.6. The molecule has 0 saturated heterocycles. The van der Waals surface area contributed by atoms with Crippen molar-refractivity contribution in [1.29, 1.82) is 0 Å². The van der Waals surface area contributed by atoms with Crippen LogP contribution in [0, 0.1) is 5.82 Å². The van der Waals surface area contributed by atoms with Gasteiger partial charge in [0.1, 0.15) is 18.1 Å². The summed E-state index contributed by atoms with van der Waals surface area (Å²) in [4.78, 5) is 25.9. The standard InChI is InChI=1S/C16H12ClFN2O3/c1-23-14-5-2-9(17)6-11(14)16(22)20-8-15(21)19-12-7-10(18)3-4-13(12)20/h2-7H,8H2,1H3,(H,19,21). The lowest BCUT2D eigenvalue weighted by molar-refractivity contribution is -0.115. The summed E-state index contributed by atoms with van der Waals surface area (Å²) in [5, 5.41) is 2.92. The van der Waals surface area contributed by atoms with Gasteiger partial charge in [-0.2, -0.15) is 0 Å². The van der Waals surface area contributed by atoms with E-state index in [1.165, 1.54) is 36.3 Å². The average Bonchev–Trinajstić information content (AvgIpc) is 2.52. The molecule has 7 heteroatoms. The monoisotopic (exact) mass is 334 g/mol. The van der Waals surface area contributed by atoms with Gasteiger partial charge in [0.05, 0.1) is 24.0 Å². The molecule has 5 nitrogen and oxygen atoms in total. The van der Waals surface area contributed by atoms with Gasteiger partial charge in [-0.25, -0.2) is 4.39 Å². The molecule has 0 saturated carbocycles. The Balaban J connectivity index is 2.07. The first-order chi connectivity index (χ1) is 11.0. The van der Waals surface area contributed by atoms with Gasteiger partial charge in [0, 0.05) is 5.02 Å². The molecule has 0 aliphatic carbocycles. The predicted octanol–water partition coefficient (Wildman–Crippen LogP) is 3.09. The number of carbonyl (C=O) groups excluding carboxylic acids is 2. The topological polar surface area (TPSA) is 58.6 Å². The van der Waals surface area contributed by atoms with Crippen molar-refractivity contribution in [2.24, 2.45) is 0 Å². The molecular weight excluding hydrogens is 323 g/mol. The minimum Gasteiger partial charge on any atom is -0.496 e. The van der Waals surface area contributed by atoms with Crippen molar-refractivity contribution in [3.8, 4) is 5.75 Å². The highest BCUT2D eigenvalue weighted by molar-refractivity contribution is 6.31. The Morgan fingerprint density at radius 1 is 1.30 bits per heavy atom. The number of nitrogens with zero attached hydrogens (tertiary/aromatic N) is 1. The number of hydrogen-bond donors (Lipinski definition) is 1. The minimum absolute atomic E-state index is 0.173. The van der Waals surface area contributed by atoms with Gasteiger partial charge >= 0.3 is 0 Å². The number of nitrogens with one attached hydrogen (secondary N) is 1. The second-order valence-corrected chi connectivity index (χ2v) is 5.38. The number of anilines is 2. The van der Waals surface area contributed by atoms with Crippen LogP contribution >= 0.6 is 11.6 Å². The first kappa shape index (κ1) is 15.3. The maximum Gasteiger partial charge on any atom is 0.262 e. The molecule has 0 radical (unpaired) electrons. The van der Waals surface area contributed by atoms with E-state index in [1.807, 2.05) is 0 Å². The molecule has 118 valence electrons. The Bertz CT molecular complexity index is 810. The van der Waals surface area contributed by atoms with E-state index in [2.05, 4.69) is 5.32 Å². The zero-order valence-corrected chi connectivity index (χ0v) is 12.9. The molecule has 0 spiro atoms. The highest BCUT2D eigenvalue weighted by Gasteiger charge is 2.29. The van der Waals surface area contributed by atoms with Crippen molar-refractivity contribution in [3.63, 3.8) is 0 Å². The first-order valence-electron chi connectivity index (χ1n) is 6.74. The number of halogens is 2. The molecule has 1 heterocycles. The van der Waals surface area contributed by atoms with Crippen molar-refractivity contribution in [3.05, 3.63) is 52.8 Å². The number of benzene rings is 2. The molecule has 1 aliphatic rings. The van der Waals surface area contributed by atoms with Crippen LogP contribution in [-0.4, -0.2) is 25.5 Å². The maximum atomic E-state index is 13.4. The van der Waals surface area contributed by atoms with Crippen LogP contribution in [0.25, 0.3) is 0 Å². The fraction of sp³-hybridized carbons (Fsp3) is 0.125. The number of fused-ring (bicyclic) bond motifs is 1. The van der Waals surface area contributed by atoms with Gasteiger partial charge in [-0.05, 0) is 36.4 Å². The Morgan fingerprint density at radius 3 is 2.83 bits per heavy atom. The minimum atomic E-state index is -0.501. The average molecular weight is 335 g/mol. The number of carbonyl (C=O) groups is 2. The second kappa shape index (κ2) is 5.89. The molecule has 23 heavy (non-hydrogen) atoms. The van der Waals surface area contributed by atoms with Crippen LogP contribution in [-0.2, 0) is 4.79 Å². The Labute approximate surface area is 136 Å². The van der Waals surface area contributed by atoms with Gasteiger partial charge in [0.2, 0.25) is 5.91 Å². The van der Waals surface area contributed by atoms with E-state index in [9.17, 15) is 14.0 Å². The third-order valence-electron chi connectivity index (χ3n) is 3.46. The molecule has 2 aromatic rings. The van der Waals surface area contributed by atoms with Gasteiger partial charge in [-0.15, -0.1) is 0 Å². The smallest absolute Gasteiger partial charge is 0.262 e. The van der Waals surface area contributed by atoms with E-state index >= 15 is 0 Å². The van der Waals surface area contributed by atoms with Gasteiger partial charge < -0.3 is 10.1 Å². The summed E-state index contributed by atoms with van der Waals surface area (Å²) in [6, 6.07) is 8.49. The highest BCUT2D eigenvalue weighted by Crippen LogP contribution is 2.33. The van der Waals surface area contributed by atoms with Crippen LogP contribution in [0.2, 0.25) is 5.02 Å². The third kappa shape index (κ3) is 2.85. The largest absolute Gasteiger partial charge is 0.496 e. The SMILES string of the molecule is COc1ccc(Cl)cc1C(=O)N1CC(=O)Nc2cc(F)ccc21. The lowest BCUT2D eigenvalue weighted by Crippen LogP contribution is -2.42. The summed E-state index contributed by atoms with van der Waals surface area (Å²) in [5.41, 5.74) is 0.888. The zero-order valence-electron chi connectivity index (χ0n) is 12.1. The van der Waals surface area contributed by atoms with Crippen LogP contribution < -0.4 is 15.0 Å². The normalized spacial score (nSPS) is 13.3. The van der Waals surface area contributed by atoms with Crippen LogP contribution in [0.15, 0.2) is 36.4 Å². The van der Waals surface area contributed by atoms with Crippen molar-refractivity contribution in [2.75, 3.05) is 23.9 Å². The van der Waals surface area contributed by atoms with Crippen molar-refractivity contribution in [1.82, 2.24) is 0 Å². The maximum absolute atomic E-state index is 13.4. The predicted molar refractivity (Wildman–Crippen MR) is 84.7 cm³/mol. The van der Waals surface area contributed by atoms with Crippen LogP contribution in [0.4, 0.5) is 15.8 Å². The molecule has 0 fully saturated rings. The number of hydrogen-bond acceptors (Lipinski definition) is 3. The van der Waals surface area contributed by atoms with Crippen LogP contribution in [0.1, 0.15) is 10.4 Å². The fourth-order valence-electron chi connectivity index (χ4n) is 2.44. The summed E-state index contributed by atoms with van der Waals surface area (Å²) in [5.74, 6) is -1.02. The van der Waals surface area contributed by atoms with E-state index in [0.717, 1.165) is 0 Å². The van der Waals surface area contributed by atoms with Gasteiger partial charge in [0.15, 0.2) is 0 Å². The van der Waals surface area contributed by atoms with Gasteiger partial charge in [-0.3, -0.25) is 14.5 Å². The lowest BCUT2D eigenvalue weighted by atomic mass is 10.1. The molecule has 0 atom stereocenters. The van der Waals surface area contributed by atoms with Crippen LogP contribution in [0.3, 0.4) is 0 Å². The van der Waals surface area contributed by atoms with E-state index in [4.69, 9.17) is 16.3 Å². The third-order valence-corrected chi connectivity index (χ3v) is 3.70. The fourth-order valence-corrected chi connectivity index (χ4v) is 2.61. The van der Waals surface area contributed by atoms with E-state index in [0.29, 0.717) is 16.5 Å². The summed E-state index contributed by atoms with van der Waals surface area (Å²) < 4.78 is 18.5. The van der Waals surface area contributed by atoms with Crippen molar-refractivity contribution >= 4 is 34.8 Å². The Kier molecular flexibility index (Phi) is 3.92. The second-order valence-electron chi connectivity index (χ2n) is 4.95. The lowest BCUT2D eigenvalue weighted by Gasteiger charge is -2.29. The highest BCUT2D eigenvalue weighted by atomic mass is 35.5. The Morgan fingerprint density at radius 2 is 2.09 bits per heavy atom. The van der Waals surface area contributed by atoms with Gasteiger partial charge in [0.25, 0.3) is 5.91 Å². The van der Waals surface area contributed by atoms with Gasteiger partial charge in [-0.1, -0.05) is 11.6 Å².